The summed E-state index contributed by atoms with van der Waals surface area (Å²) in [6.07, 6.45) is 3.81. The summed E-state index contributed by atoms with van der Waals surface area (Å²) in [5.74, 6) is -0.200. The van der Waals surface area contributed by atoms with Crippen molar-refractivity contribution in [2.24, 2.45) is 0 Å². The first-order valence-electron chi connectivity index (χ1n) is 7.75. The highest BCUT2D eigenvalue weighted by atomic mass is 35.5. The number of rotatable bonds is 3. The minimum absolute atomic E-state index is 0.200. The molecule has 0 radical (unpaired) electrons. The predicted octanol–water partition coefficient (Wildman–Crippen LogP) is 5.24. The van der Waals surface area contributed by atoms with Crippen molar-refractivity contribution in [3.8, 4) is 0 Å². The van der Waals surface area contributed by atoms with Crippen LogP contribution in [0.4, 0.5) is 11.4 Å². The van der Waals surface area contributed by atoms with Crippen LogP contribution in [0.5, 0.6) is 0 Å². The lowest BCUT2D eigenvalue weighted by Gasteiger charge is -2.28. The summed E-state index contributed by atoms with van der Waals surface area (Å²) >= 11 is 11.8. The number of anilines is 2. The molecule has 0 aliphatic carbocycles. The Labute approximate surface area is 146 Å². The molecule has 23 heavy (non-hydrogen) atoms. The molecule has 2 aromatic rings. The number of carbonyl (C=O) groups is 1. The van der Waals surface area contributed by atoms with Crippen molar-refractivity contribution >= 4 is 40.5 Å². The Kier molecular flexibility index (Phi) is 5.09. The Morgan fingerprint density at radius 1 is 0.913 bits per heavy atom. The summed E-state index contributed by atoms with van der Waals surface area (Å²) in [6, 6.07) is 12.8. The van der Waals surface area contributed by atoms with Crippen LogP contribution < -0.4 is 10.2 Å². The molecule has 0 unspecified atom stereocenters. The van der Waals surface area contributed by atoms with E-state index in [0.29, 0.717) is 15.6 Å². The summed E-state index contributed by atoms with van der Waals surface area (Å²) in [5, 5.41) is 3.69. The number of carbonyl (C=O) groups excluding carboxylic acids is 1. The van der Waals surface area contributed by atoms with Gasteiger partial charge in [0.2, 0.25) is 0 Å². The average molecular weight is 349 g/mol. The molecule has 1 aliphatic rings. The fourth-order valence-electron chi connectivity index (χ4n) is 2.75. The molecule has 0 atom stereocenters. The third-order valence-electron chi connectivity index (χ3n) is 4.03. The highest BCUT2D eigenvalue weighted by molar-refractivity contribution is 6.42. The molecule has 0 spiro atoms. The number of nitrogens with zero attached hydrogens (tertiary/aromatic N) is 1. The topological polar surface area (TPSA) is 32.3 Å². The van der Waals surface area contributed by atoms with Gasteiger partial charge in [-0.25, -0.2) is 0 Å². The van der Waals surface area contributed by atoms with Crippen LogP contribution in [-0.2, 0) is 0 Å². The lowest BCUT2D eigenvalue weighted by Crippen LogP contribution is -2.29. The van der Waals surface area contributed by atoms with Crippen molar-refractivity contribution in [2.75, 3.05) is 23.3 Å². The molecule has 1 saturated heterocycles. The van der Waals surface area contributed by atoms with Crippen LogP contribution in [0, 0.1) is 0 Å². The Bertz CT molecular complexity index is 695. The Morgan fingerprint density at radius 3 is 2.26 bits per heavy atom. The second kappa shape index (κ2) is 7.24. The van der Waals surface area contributed by atoms with Gasteiger partial charge in [-0.05, 0) is 61.7 Å². The maximum Gasteiger partial charge on any atom is 0.255 e. The number of benzene rings is 2. The van der Waals surface area contributed by atoms with E-state index in [-0.39, 0.29) is 5.91 Å². The van der Waals surface area contributed by atoms with Crippen LogP contribution in [0.1, 0.15) is 29.6 Å². The Hall–Kier alpha value is -1.71. The van der Waals surface area contributed by atoms with E-state index in [0.717, 1.165) is 18.8 Å². The zero-order chi connectivity index (χ0) is 16.2. The first-order valence-corrected chi connectivity index (χ1v) is 8.50. The molecule has 5 heteroatoms. The zero-order valence-electron chi connectivity index (χ0n) is 12.7. The average Bonchev–Trinajstić information content (AvgIpc) is 2.59. The predicted molar refractivity (Wildman–Crippen MR) is 96.9 cm³/mol. The number of piperidine rings is 1. The molecular formula is C18H18Cl2N2O. The highest BCUT2D eigenvalue weighted by Crippen LogP contribution is 2.24. The number of amides is 1. The van der Waals surface area contributed by atoms with Crippen molar-refractivity contribution in [2.45, 2.75) is 19.3 Å². The molecule has 3 rings (SSSR count). The third kappa shape index (κ3) is 3.98. The number of nitrogens with one attached hydrogen (secondary N) is 1. The molecule has 0 bridgehead atoms. The van der Waals surface area contributed by atoms with Crippen molar-refractivity contribution in [1.82, 2.24) is 0 Å². The van der Waals surface area contributed by atoms with Crippen molar-refractivity contribution in [3.63, 3.8) is 0 Å². The molecule has 1 heterocycles. The minimum atomic E-state index is -0.200. The molecule has 1 fully saturated rings. The maximum atomic E-state index is 12.2. The lowest BCUT2D eigenvalue weighted by molar-refractivity contribution is 0.102. The van der Waals surface area contributed by atoms with E-state index in [1.54, 1.807) is 18.2 Å². The van der Waals surface area contributed by atoms with Gasteiger partial charge in [0.15, 0.2) is 0 Å². The van der Waals surface area contributed by atoms with Gasteiger partial charge < -0.3 is 10.2 Å². The molecular weight excluding hydrogens is 331 g/mol. The van der Waals surface area contributed by atoms with Crippen LogP contribution in [0.25, 0.3) is 0 Å². The minimum Gasteiger partial charge on any atom is -0.372 e. The van der Waals surface area contributed by atoms with E-state index in [1.165, 1.54) is 24.9 Å². The molecule has 1 N–H and O–H groups in total. The fourth-order valence-corrected chi connectivity index (χ4v) is 3.05. The summed E-state index contributed by atoms with van der Waals surface area (Å²) < 4.78 is 0. The van der Waals surface area contributed by atoms with Crippen LogP contribution in [0.2, 0.25) is 10.0 Å². The third-order valence-corrected chi connectivity index (χ3v) is 4.77. The van der Waals surface area contributed by atoms with E-state index in [9.17, 15) is 4.79 Å². The van der Waals surface area contributed by atoms with Gasteiger partial charge in [-0.15, -0.1) is 0 Å². The summed E-state index contributed by atoms with van der Waals surface area (Å²) in [6.45, 7) is 2.21. The molecule has 1 amide bonds. The van der Waals surface area contributed by atoms with E-state index < -0.39 is 0 Å². The number of halogens is 2. The van der Waals surface area contributed by atoms with Crippen molar-refractivity contribution in [1.29, 1.82) is 0 Å². The van der Waals surface area contributed by atoms with Crippen LogP contribution >= 0.6 is 23.2 Å². The standard InChI is InChI=1S/C18H18Cl2N2O/c19-16-9-4-13(12-17(16)20)18(23)21-14-5-7-15(8-6-14)22-10-2-1-3-11-22/h4-9,12H,1-3,10-11H2,(H,21,23). The molecule has 120 valence electrons. The summed E-state index contributed by atoms with van der Waals surface area (Å²) in [5.41, 5.74) is 2.46. The van der Waals surface area contributed by atoms with E-state index in [4.69, 9.17) is 23.2 Å². The van der Waals surface area contributed by atoms with Gasteiger partial charge in [0.25, 0.3) is 5.91 Å². The van der Waals surface area contributed by atoms with Gasteiger partial charge >= 0.3 is 0 Å². The second-order valence-corrected chi connectivity index (χ2v) is 6.49. The van der Waals surface area contributed by atoms with Gasteiger partial charge in [0.1, 0.15) is 0 Å². The zero-order valence-corrected chi connectivity index (χ0v) is 14.2. The monoisotopic (exact) mass is 348 g/mol. The Morgan fingerprint density at radius 2 is 1.61 bits per heavy atom. The quantitative estimate of drug-likeness (QED) is 0.822. The molecule has 3 nitrogen and oxygen atoms in total. The smallest absolute Gasteiger partial charge is 0.255 e. The molecule has 2 aromatic carbocycles. The maximum absolute atomic E-state index is 12.2. The van der Waals surface area contributed by atoms with Crippen LogP contribution in [-0.4, -0.2) is 19.0 Å². The van der Waals surface area contributed by atoms with Gasteiger partial charge in [-0.3, -0.25) is 4.79 Å². The number of hydrogen-bond acceptors (Lipinski definition) is 2. The van der Waals surface area contributed by atoms with Gasteiger partial charge in [-0.1, -0.05) is 23.2 Å². The second-order valence-electron chi connectivity index (χ2n) is 5.68. The normalized spacial score (nSPS) is 14.6. The van der Waals surface area contributed by atoms with Crippen molar-refractivity contribution in [3.05, 3.63) is 58.1 Å². The molecule has 1 aliphatic heterocycles. The van der Waals surface area contributed by atoms with E-state index in [1.807, 2.05) is 12.1 Å². The highest BCUT2D eigenvalue weighted by Gasteiger charge is 2.12. The van der Waals surface area contributed by atoms with E-state index in [2.05, 4.69) is 22.3 Å². The van der Waals surface area contributed by atoms with Gasteiger partial charge in [-0.2, -0.15) is 0 Å². The van der Waals surface area contributed by atoms with Gasteiger partial charge in [0, 0.05) is 30.0 Å². The first kappa shape index (κ1) is 16.2. The molecule has 0 saturated carbocycles. The lowest BCUT2D eigenvalue weighted by atomic mass is 10.1. The first-order chi connectivity index (χ1) is 11.1. The van der Waals surface area contributed by atoms with Crippen LogP contribution in [0.15, 0.2) is 42.5 Å². The van der Waals surface area contributed by atoms with Gasteiger partial charge in [0.05, 0.1) is 10.0 Å². The van der Waals surface area contributed by atoms with Crippen molar-refractivity contribution < 1.29 is 4.79 Å². The van der Waals surface area contributed by atoms with Crippen LogP contribution in [0.3, 0.4) is 0 Å². The SMILES string of the molecule is O=C(Nc1ccc(N2CCCCC2)cc1)c1ccc(Cl)c(Cl)c1. The largest absolute Gasteiger partial charge is 0.372 e. The van der Waals surface area contributed by atoms with E-state index >= 15 is 0 Å². The fraction of sp³-hybridized carbons (Fsp3) is 0.278. The Balaban J connectivity index is 1.67. The summed E-state index contributed by atoms with van der Waals surface area (Å²) in [4.78, 5) is 14.6. The number of hydrogen-bond donors (Lipinski definition) is 1. The summed E-state index contributed by atoms with van der Waals surface area (Å²) in [7, 11) is 0. The molecule has 0 aromatic heterocycles.